The fraction of sp³-hybridized carbons (Fsp3) is 0.714. The fourth-order valence-electron chi connectivity index (χ4n) is 2.17. The summed E-state index contributed by atoms with van der Waals surface area (Å²) in [6, 6.07) is 1.92. The van der Waals surface area contributed by atoms with Crippen molar-refractivity contribution >= 4 is 5.91 Å². The van der Waals surface area contributed by atoms with E-state index in [1.54, 1.807) is 0 Å². The lowest BCUT2D eigenvalue weighted by Gasteiger charge is -2.08. The van der Waals surface area contributed by atoms with Crippen molar-refractivity contribution < 1.29 is 9.53 Å². The Kier molecular flexibility index (Phi) is 5.39. The van der Waals surface area contributed by atoms with Crippen molar-refractivity contribution in [3.63, 3.8) is 0 Å². The molecule has 1 aromatic rings. The van der Waals surface area contributed by atoms with Crippen LogP contribution in [0.25, 0.3) is 0 Å². The van der Waals surface area contributed by atoms with Crippen molar-refractivity contribution in [2.24, 2.45) is 5.92 Å². The SMILES string of the molecule is CCCCn1ccc(CC(=O)NCC2CCOC2)n1. The minimum atomic E-state index is 0.0487. The highest BCUT2D eigenvalue weighted by Crippen LogP contribution is 2.10. The van der Waals surface area contributed by atoms with Crippen LogP contribution in [0.15, 0.2) is 12.3 Å². The van der Waals surface area contributed by atoms with Gasteiger partial charge in [-0.3, -0.25) is 9.48 Å². The minimum Gasteiger partial charge on any atom is -0.381 e. The van der Waals surface area contributed by atoms with Gasteiger partial charge in [0.15, 0.2) is 0 Å². The molecule has 0 bridgehead atoms. The molecule has 5 heteroatoms. The van der Waals surface area contributed by atoms with Crippen LogP contribution >= 0.6 is 0 Å². The lowest BCUT2D eigenvalue weighted by atomic mass is 10.1. The average molecular weight is 265 g/mol. The first-order valence-corrected chi connectivity index (χ1v) is 7.14. The van der Waals surface area contributed by atoms with Gasteiger partial charge in [0, 0.05) is 31.8 Å². The topological polar surface area (TPSA) is 56.2 Å². The van der Waals surface area contributed by atoms with Gasteiger partial charge in [-0.1, -0.05) is 13.3 Å². The van der Waals surface area contributed by atoms with E-state index in [9.17, 15) is 4.79 Å². The maximum atomic E-state index is 11.8. The summed E-state index contributed by atoms with van der Waals surface area (Å²) in [7, 11) is 0. The van der Waals surface area contributed by atoms with Gasteiger partial charge in [0.05, 0.1) is 18.7 Å². The third-order valence-corrected chi connectivity index (χ3v) is 3.39. The van der Waals surface area contributed by atoms with Gasteiger partial charge in [-0.15, -0.1) is 0 Å². The van der Waals surface area contributed by atoms with Crippen LogP contribution in [0.3, 0.4) is 0 Å². The van der Waals surface area contributed by atoms with Crippen LogP contribution in [0, 0.1) is 5.92 Å². The molecule has 1 aromatic heterocycles. The molecule has 106 valence electrons. The third kappa shape index (κ3) is 4.67. The number of carbonyl (C=O) groups excluding carboxylic acids is 1. The molecule has 1 atom stereocenters. The highest BCUT2D eigenvalue weighted by molar-refractivity contribution is 5.78. The number of aryl methyl sites for hydroxylation is 1. The second-order valence-electron chi connectivity index (χ2n) is 5.13. The van der Waals surface area contributed by atoms with E-state index >= 15 is 0 Å². The first kappa shape index (κ1) is 14.1. The van der Waals surface area contributed by atoms with E-state index in [1.165, 1.54) is 0 Å². The quantitative estimate of drug-likeness (QED) is 0.810. The Hall–Kier alpha value is -1.36. The number of nitrogens with one attached hydrogen (secondary N) is 1. The van der Waals surface area contributed by atoms with E-state index in [0.717, 1.165) is 51.3 Å². The zero-order valence-corrected chi connectivity index (χ0v) is 11.6. The van der Waals surface area contributed by atoms with E-state index in [0.29, 0.717) is 12.3 Å². The molecule has 1 aliphatic rings. The second-order valence-corrected chi connectivity index (χ2v) is 5.13. The fourth-order valence-corrected chi connectivity index (χ4v) is 2.17. The Morgan fingerprint density at radius 1 is 1.63 bits per heavy atom. The van der Waals surface area contributed by atoms with Gasteiger partial charge in [0.2, 0.25) is 5.91 Å². The van der Waals surface area contributed by atoms with Crippen LogP contribution in [-0.4, -0.2) is 35.4 Å². The van der Waals surface area contributed by atoms with Crippen molar-refractivity contribution in [1.29, 1.82) is 0 Å². The van der Waals surface area contributed by atoms with Crippen LogP contribution in [-0.2, 0) is 22.5 Å². The molecule has 19 heavy (non-hydrogen) atoms. The Bertz CT molecular complexity index is 397. The Morgan fingerprint density at radius 3 is 3.26 bits per heavy atom. The van der Waals surface area contributed by atoms with E-state index in [-0.39, 0.29) is 5.91 Å². The van der Waals surface area contributed by atoms with Crippen molar-refractivity contribution in [2.45, 2.75) is 39.2 Å². The molecule has 0 spiro atoms. The predicted octanol–water partition coefficient (Wildman–Crippen LogP) is 1.38. The number of carbonyl (C=O) groups is 1. The number of unbranched alkanes of at least 4 members (excludes halogenated alkanes) is 1. The monoisotopic (exact) mass is 265 g/mol. The summed E-state index contributed by atoms with van der Waals surface area (Å²) in [5, 5.41) is 7.36. The molecule has 1 aliphatic heterocycles. The summed E-state index contributed by atoms with van der Waals surface area (Å²) >= 11 is 0. The van der Waals surface area contributed by atoms with Gasteiger partial charge >= 0.3 is 0 Å². The molecule has 0 aromatic carbocycles. The molecule has 0 aliphatic carbocycles. The van der Waals surface area contributed by atoms with Crippen molar-refractivity contribution in [1.82, 2.24) is 15.1 Å². The van der Waals surface area contributed by atoms with Gasteiger partial charge < -0.3 is 10.1 Å². The molecule has 1 N–H and O–H groups in total. The zero-order chi connectivity index (χ0) is 13.5. The second kappa shape index (κ2) is 7.28. The molecule has 1 amide bonds. The van der Waals surface area contributed by atoms with Crippen LogP contribution in [0.4, 0.5) is 0 Å². The number of hydrogen-bond acceptors (Lipinski definition) is 3. The number of amides is 1. The minimum absolute atomic E-state index is 0.0487. The average Bonchev–Trinajstić information content (AvgIpc) is 3.05. The molecule has 2 heterocycles. The smallest absolute Gasteiger partial charge is 0.226 e. The van der Waals surface area contributed by atoms with E-state index in [4.69, 9.17) is 4.74 Å². The third-order valence-electron chi connectivity index (χ3n) is 3.39. The maximum absolute atomic E-state index is 11.8. The molecule has 0 saturated carbocycles. The molecule has 1 unspecified atom stereocenters. The lowest BCUT2D eigenvalue weighted by Crippen LogP contribution is -2.30. The standard InChI is InChI=1S/C14H23N3O2/c1-2-3-6-17-7-4-13(16-17)9-14(18)15-10-12-5-8-19-11-12/h4,7,12H,2-3,5-6,8-11H2,1H3,(H,15,18). The summed E-state index contributed by atoms with van der Waals surface area (Å²) in [6.45, 7) is 5.39. The van der Waals surface area contributed by atoms with Gasteiger partial charge in [0.1, 0.15) is 0 Å². The predicted molar refractivity (Wildman–Crippen MR) is 72.8 cm³/mol. The number of ether oxygens (including phenoxy) is 1. The van der Waals surface area contributed by atoms with Crippen molar-refractivity contribution in [3.8, 4) is 0 Å². The van der Waals surface area contributed by atoms with Crippen molar-refractivity contribution in [2.75, 3.05) is 19.8 Å². The Morgan fingerprint density at radius 2 is 2.53 bits per heavy atom. The summed E-state index contributed by atoms with van der Waals surface area (Å²) in [6.07, 6.45) is 5.63. The number of aromatic nitrogens is 2. The van der Waals surface area contributed by atoms with Crippen LogP contribution in [0.2, 0.25) is 0 Å². The van der Waals surface area contributed by atoms with Gasteiger partial charge in [-0.05, 0) is 18.9 Å². The normalized spacial score (nSPS) is 18.7. The highest BCUT2D eigenvalue weighted by atomic mass is 16.5. The van der Waals surface area contributed by atoms with Gasteiger partial charge in [-0.25, -0.2) is 0 Å². The van der Waals surface area contributed by atoms with Crippen molar-refractivity contribution in [3.05, 3.63) is 18.0 Å². The molecular formula is C14H23N3O2. The van der Waals surface area contributed by atoms with E-state index in [2.05, 4.69) is 17.3 Å². The number of rotatable bonds is 7. The number of hydrogen-bond donors (Lipinski definition) is 1. The maximum Gasteiger partial charge on any atom is 0.226 e. The molecule has 5 nitrogen and oxygen atoms in total. The Balaban J connectivity index is 1.70. The summed E-state index contributed by atoms with van der Waals surface area (Å²) in [4.78, 5) is 11.8. The summed E-state index contributed by atoms with van der Waals surface area (Å²) < 4.78 is 7.20. The van der Waals surface area contributed by atoms with Crippen LogP contribution in [0.5, 0.6) is 0 Å². The molecule has 1 saturated heterocycles. The van der Waals surface area contributed by atoms with E-state index < -0.39 is 0 Å². The zero-order valence-electron chi connectivity index (χ0n) is 11.6. The summed E-state index contributed by atoms with van der Waals surface area (Å²) in [5.41, 5.74) is 0.844. The van der Waals surface area contributed by atoms with Crippen LogP contribution in [0.1, 0.15) is 31.9 Å². The molecule has 1 fully saturated rings. The Labute approximate surface area is 114 Å². The van der Waals surface area contributed by atoms with E-state index in [1.807, 2.05) is 16.9 Å². The highest BCUT2D eigenvalue weighted by Gasteiger charge is 2.16. The summed E-state index contributed by atoms with van der Waals surface area (Å²) in [5.74, 6) is 0.527. The molecule has 2 rings (SSSR count). The first-order chi connectivity index (χ1) is 9.28. The largest absolute Gasteiger partial charge is 0.381 e. The molecular weight excluding hydrogens is 242 g/mol. The number of nitrogens with zero attached hydrogens (tertiary/aromatic N) is 2. The lowest BCUT2D eigenvalue weighted by molar-refractivity contribution is -0.120. The van der Waals surface area contributed by atoms with Crippen LogP contribution < -0.4 is 5.32 Å². The molecule has 0 radical (unpaired) electrons. The first-order valence-electron chi connectivity index (χ1n) is 7.14. The van der Waals surface area contributed by atoms with Gasteiger partial charge in [-0.2, -0.15) is 5.10 Å². The van der Waals surface area contributed by atoms with Gasteiger partial charge in [0.25, 0.3) is 0 Å².